The Balaban J connectivity index is 2.46. The standard InChI is InChI=1S/C11H24N2O/c1-3-14-11(9(2)13-12)10-7-5-4-6-8-10/h9-11,13H,3-8,12H2,1-2H3. The predicted molar refractivity (Wildman–Crippen MR) is 58.8 cm³/mol. The molecule has 2 atom stereocenters. The first-order chi connectivity index (χ1) is 6.79. The first kappa shape index (κ1) is 12.0. The van der Waals surface area contributed by atoms with Gasteiger partial charge in [0.25, 0.3) is 0 Å². The molecule has 0 aromatic rings. The molecule has 1 saturated carbocycles. The zero-order valence-electron chi connectivity index (χ0n) is 9.46. The molecule has 3 heteroatoms. The summed E-state index contributed by atoms with van der Waals surface area (Å²) in [6.07, 6.45) is 7.00. The van der Waals surface area contributed by atoms with Crippen LogP contribution < -0.4 is 11.3 Å². The van der Waals surface area contributed by atoms with Crippen molar-refractivity contribution in [3.63, 3.8) is 0 Å². The largest absolute Gasteiger partial charge is 0.377 e. The van der Waals surface area contributed by atoms with Gasteiger partial charge in [-0.15, -0.1) is 0 Å². The van der Waals surface area contributed by atoms with Crippen LogP contribution in [0.4, 0.5) is 0 Å². The number of nitrogens with two attached hydrogens (primary N) is 1. The van der Waals surface area contributed by atoms with E-state index < -0.39 is 0 Å². The van der Waals surface area contributed by atoms with Crippen LogP contribution >= 0.6 is 0 Å². The maximum Gasteiger partial charge on any atom is 0.0766 e. The number of hydrazine groups is 1. The fourth-order valence-corrected chi connectivity index (χ4v) is 2.44. The molecule has 2 unspecified atom stereocenters. The Hall–Kier alpha value is -0.120. The first-order valence-electron chi connectivity index (χ1n) is 5.87. The van der Waals surface area contributed by atoms with Crippen LogP contribution in [-0.4, -0.2) is 18.8 Å². The molecule has 0 aliphatic heterocycles. The SMILES string of the molecule is CCOC(C1CCCCC1)C(C)NN. The van der Waals surface area contributed by atoms with Crippen LogP contribution in [0, 0.1) is 5.92 Å². The summed E-state index contributed by atoms with van der Waals surface area (Å²) in [7, 11) is 0. The predicted octanol–water partition coefficient (Wildman–Crippen LogP) is 1.82. The summed E-state index contributed by atoms with van der Waals surface area (Å²) in [5.41, 5.74) is 2.82. The third kappa shape index (κ3) is 3.23. The van der Waals surface area contributed by atoms with Crippen LogP contribution in [0.3, 0.4) is 0 Å². The molecule has 14 heavy (non-hydrogen) atoms. The van der Waals surface area contributed by atoms with E-state index in [1.165, 1.54) is 32.1 Å². The molecule has 0 aromatic heterocycles. The van der Waals surface area contributed by atoms with Crippen LogP contribution in [0.15, 0.2) is 0 Å². The number of hydrogen-bond donors (Lipinski definition) is 2. The lowest BCUT2D eigenvalue weighted by atomic mass is 9.83. The van der Waals surface area contributed by atoms with Gasteiger partial charge in [0.2, 0.25) is 0 Å². The van der Waals surface area contributed by atoms with Gasteiger partial charge >= 0.3 is 0 Å². The summed E-state index contributed by atoms with van der Waals surface area (Å²) < 4.78 is 5.79. The van der Waals surface area contributed by atoms with Crippen molar-refractivity contribution in [3.05, 3.63) is 0 Å². The molecule has 1 aliphatic carbocycles. The Bertz CT molecular complexity index is 146. The highest BCUT2D eigenvalue weighted by atomic mass is 16.5. The Labute approximate surface area is 87.4 Å². The maximum atomic E-state index is 5.79. The zero-order valence-corrected chi connectivity index (χ0v) is 9.46. The summed E-state index contributed by atoms with van der Waals surface area (Å²) in [4.78, 5) is 0. The molecule has 0 bridgehead atoms. The van der Waals surface area contributed by atoms with Gasteiger partial charge in [0.1, 0.15) is 0 Å². The van der Waals surface area contributed by atoms with Crippen molar-refractivity contribution in [2.24, 2.45) is 11.8 Å². The minimum absolute atomic E-state index is 0.262. The Kier molecular flexibility index (Phi) is 5.45. The van der Waals surface area contributed by atoms with E-state index in [-0.39, 0.29) is 6.04 Å². The number of ether oxygens (including phenoxy) is 1. The minimum atomic E-state index is 0.262. The van der Waals surface area contributed by atoms with Crippen molar-refractivity contribution in [1.82, 2.24) is 5.43 Å². The number of rotatable bonds is 5. The summed E-state index contributed by atoms with van der Waals surface area (Å²) in [5.74, 6) is 6.18. The molecule has 84 valence electrons. The fourth-order valence-electron chi connectivity index (χ4n) is 2.44. The molecule has 1 fully saturated rings. The summed E-state index contributed by atoms with van der Waals surface area (Å²) in [6.45, 7) is 4.95. The summed E-state index contributed by atoms with van der Waals surface area (Å²) >= 11 is 0. The van der Waals surface area contributed by atoms with Gasteiger partial charge in [-0.3, -0.25) is 11.3 Å². The van der Waals surface area contributed by atoms with Crippen molar-refractivity contribution in [2.75, 3.05) is 6.61 Å². The molecule has 1 aliphatic rings. The smallest absolute Gasteiger partial charge is 0.0766 e. The Morgan fingerprint density at radius 3 is 2.50 bits per heavy atom. The van der Waals surface area contributed by atoms with Crippen LogP contribution in [0.25, 0.3) is 0 Å². The van der Waals surface area contributed by atoms with Crippen LogP contribution in [0.5, 0.6) is 0 Å². The van der Waals surface area contributed by atoms with E-state index in [2.05, 4.69) is 19.3 Å². The molecule has 0 radical (unpaired) electrons. The van der Waals surface area contributed by atoms with Gasteiger partial charge in [-0.1, -0.05) is 19.3 Å². The lowest BCUT2D eigenvalue weighted by Gasteiger charge is -2.33. The fraction of sp³-hybridized carbons (Fsp3) is 1.00. The molecule has 0 spiro atoms. The van der Waals surface area contributed by atoms with Crippen molar-refractivity contribution in [2.45, 2.75) is 58.1 Å². The second-order valence-electron chi connectivity index (χ2n) is 4.27. The quantitative estimate of drug-likeness (QED) is 0.526. The molecule has 0 aromatic carbocycles. The monoisotopic (exact) mass is 200 g/mol. The van der Waals surface area contributed by atoms with E-state index in [1.54, 1.807) is 0 Å². The lowest BCUT2D eigenvalue weighted by Crippen LogP contribution is -2.47. The molecule has 1 rings (SSSR count). The van der Waals surface area contributed by atoms with Crippen molar-refractivity contribution in [3.8, 4) is 0 Å². The van der Waals surface area contributed by atoms with Crippen LogP contribution in [0.2, 0.25) is 0 Å². The van der Waals surface area contributed by atoms with E-state index >= 15 is 0 Å². The van der Waals surface area contributed by atoms with E-state index in [4.69, 9.17) is 10.6 Å². The number of hydrogen-bond acceptors (Lipinski definition) is 3. The van der Waals surface area contributed by atoms with Crippen LogP contribution in [0.1, 0.15) is 46.0 Å². The van der Waals surface area contributed by atoms with Crippen LogP contribution in [-0.2, 0) is 4.74 Å². The average molecular weight is 200 g/mol. The second kappa shape index (κ2) is 6.38. The van der Waals surface area contributed by atoms with Crippen molar-refractivity contribution < 1.29 is 4.74 Å². The van der Waals surface area contributed by atoms with Gasteiger partial charge in [0.05, 0.1) is 6.10 Å². The third-order valence-corrected chi connectivity index (χ3v) is 3.23. The normalized spacial score (nSPS) is 23.4. The highest BCUT2D eigenvalue weighted by Crippen LogP contribution is 2.29. The van der Waals surface area contributed by atoms with Gasteiger partial charge < -0.3 is 4.74 Å². The van der Waals surface area contributed by atoms with Gasteiger partial charge in [0, 0.05) is 12.6 Å². The zero-order chi connectivity index (χ0) is 10.4. The Morgan fingerprint density at radius 2 is 2.00 bits per heavy atom. The van der Waals surface area contributed by atoms with Gasteiger partial charge in [-0.2, -0.15) is 0 Å². The molecule has 3 N–H and O–H groups in total. The van der Waals surface area contributed by atoms with E-state index in [1.807, 2.05) is 0 Å². The molecular formula is C11H24N2O. The van der Waals surface area contributed by atoms with E-state index in [0.29, 0.717) is 12.0 Å². The molecule has 3 nitrogen and oxygen atoms in total. The highest BCUT2D eigenvalue weighted by Gasteiger charge is 2.27. The Morgan fingerprint density at radius 1 is 1.36 bits per heavy atom. The third-order valence-electron chi connectivity index (χ3n) is 3.23. The van der Waals surface area contributed by atoms with Gasteiger partial charge in [0.15, 0.2) is 0 Å². The van der Waals surface area contributed by atoms with Gasteiger partial charge in [-0.05, 0) is 32.6 Å². The molecule has 0 heterocycles. The first-order valence-corrected chi connectivity index (χ1v) is 5.87. The molecule has 0 amide bonds. The lowest BCUT2D eigenvalue weighted by molar-refractivity contribution is -0.0135. The molecular weight excluding hydrogens is 176 g/mol. The maximum absolute atomic E-state index is 5.79. The van der Waals surface area contributed by atoms with Crippen molar-refractivity contribution in [1.29, 1.82) is 0 Å². The molecule has 0 saturated heterocycles. The minimum Gasteiger partial charge on any atom is -0.377 e. The van der Waals surface area contributed by atoms with Gasteiger partial charge in [-0.25, -0.2) is 0 Å². The summed E-state index contributed by atoms with van der Waals surface area (Å²) in [6, 6.07) is 0.262. The van der Waals surface area contributed by atoms with E-state index in [9.17, 15) is 0 Å². The highest BCUT2D eigenvalue weighted by molar-refractivity contribution is 4.81. The topological polar surface area (TPSA) is 47.3 Å². The van der Waals surface area contributed by atoms with E-state index in [0.717, 1.165) is 6.61 Å². The number of nitrogens with one attached hydrogen (secondary N) is 1. The second-order valence-corrected chi connectivity index (χ2v) is 4.27. The summed E-state index contributed by atoms with van der Waals surface area (Å²) in [5, 5.41) is 0. The average Bonchev–Trinajstić information content (AvgIpc) is 2.26. The van der Waals surface area contributed by atoms with Crippen molar-refractivity contribution >= 4 is 0 Å².